The molecular weight excluding hydrogens is 717 g/mol. The lowest BCUT2D eigenvalue weighted by Gasteiger charge is -2.38. The SMILES string of the molecule is Cc1cc(C)c(S(=O)(=O)N[C@@H](CNC(=O)C2=NOC(CCCCNc3nccn3C(c3ccccc3)(c3ccccc3)c3ccccc3)C2)C(=O)O)c(C)c1. The predicted octanol–water partition coefficient (Wildman–Crippen LogP) is 5.92. The van der Waals surface area contributed by atoms with Crippen LogP contribution in [0.2, 0.25) is 0 Å². The number of rotatable bonds is 17. The summed E-state index contributed by atoms with van der Waals surface area (Å²) in [5, 5.41) is 19.8. The summed E-state index contributed by atoms with van der Waals surface area (Å²) in [5.41, 5.74) is 4.61. The van der Waals surface area contributed by atoms with Gasteiger partial charge in [0, 0.05) is 31.9 Å². The van der Waals surface area contributed by atoms with Crippen molar-refractivity contribution in [1.29, 1.82) is 0 Å². The fourth-order valence-corrected chi connectivity index (χ4v) is 9.03. The molecule has 2 atom stereocenters. The van der Waals surface area contributed by atoms with Gasteiger partial charge in [-0.05, 0) is 67.9 Å². The molecule has 6 rings (SSSR count). The zero-order chi connectivity index (χ0) is 39.0. The highest BCUT2D eigenvalue weighted by atomic mass is 32.2. The number of carboxylic acid groups (broad SMARTS) is 1. The van der Waals surface area contributed by atoms with Crippen molar-refractivity contribution >= 4 is 33.6 Å². The van der Waals surface area contributed by atoms with E-state index in [-0.39, 0.29) is 23.1 Å². The topological polar surface area (TPSA) is 164 Å². The molecule has 0 bridgehead atoms. The first kappa shape index (κ1) is 38.9. The second-order valence-electron chi connectivity index (χ2n) is 13.8. The summed E-state index contributed by atoms with van der Waals surface area (Å²) in [7, 11) is -4.18. The Morgan fingerprint density at radius 2 is 1.45 bits per heavy atom. The quantitative estimate of drug-likeness (QED) is 0.0670. The van der Waals surface area contributed by atoms with E-state index in [0.717, 1.165) is 41.0 Å². The fourth-order valence-electron chi connectivity index (χ4n) is 7.39. The molecule has 5 aromatic rings. The number of nitrogens with one attached hydrogen (secondary N) is 3. The van der Waals surface area contributed by atoms with Crippen LogP contribution in [0.5, 0.6) is 0 Å². The van der Waals surface area contributed by atoms with Gasteiger partial charge in [0.1, 0.15) is 23.4 Å². The smallest absolute Gasteiger partial charge is 0.323 e. The first-order valence-electron chi connectivity index (χ1n) is 18.3. The third-order valence-electron chi connectivity index (χ3n) is 9.74. The van der Waals surface area contributed by atoms with Crippen molar-refractivity contribution in [3.8, 4) is 0 Å². The summed E-state index contributed by atoms with van der Waals surface area (Å²) in [4.78, 5) is 35.2. The van der Waals surface area contributed by atoms with Crippen LogP contribution in [-0.4, -0.2) is 65.9 Å². The van der Waals surface area contributed by atoms with Crippen LogP contribution in [0.3, 0.4) is 0 Å². The Morgan fingerprint density at radius 1 is 0.891 bits per heavy atom. The van der Waals surface area contributed by atoms with E-state index < -0.39 is 40.0 Å². The van der Waals surface area contributed by atoms with E-state index in [2.05, 4.69) is 97.9 Å². The third-order valence-corrected chi connectivity index (χ3v) is 11.5. The molecule has 0 saturated carbocycles. The molecule has 4 aromatic carbocycles. The van der Waals surface area contributed by atoms with Crippen molar-refractivity contribution < 1.29 is 28.0 Å². The van der Waals surface area contributed by atoms with E-state index in [4.69, 9.17) is 9.82 Å². The number of imidazole rings is 1. The highest BCUT2D eigenvalue weighted by Gasteiger charge is 2.40. The molecule has 286 valence electrons. The monoisotopic (exact) mass is 762 g/mol. The van der Waals surface area contributed by atoms with Crippen molar-refractivity contribution in [2.45, 2.75) is 69.0 Å². The summed E-state index contributed by atoms with van der Waals surface area (Å²) < 4.78 is 30.7. The molecule has 13 heteroatoms. The highest BCUT2D eigenvalue weighted by molar-refractivity contribution is 7.89. The highest BCUT2D eigenvalue weighted by Crippen LogP contribution is 2.42. The first-order chi connectivity index (χ1) is 26.5. The van der Waals surface area contributed by atoms with Crippen LogP contribution >= 0.6 is 0 Å². The van der Waals surface area contributed by atoms with Gasteiger partial charge >= 0.3 is 5.97 Å². The molecule has 55 heavy (non-hydrogen) atoms. The number of carboxylic acids is 1. The molecule has 1 aliphatic rings. The molecule has 4 N–H and O–H groups in total. The van der Waals surface area contributed by atoms with Gasteiger partial charge in [-0.1, -0.05) is 114 Å². The van der Waals surface area contributed by atoms with Gasteiger partial charge in [0.15, 0.2) is 0 Å². The molecule has 0 aliphatic carbocycles. The average molecular weight is 763 g/mol. The number of hydrogen-bond donors (Lipinski definition) is 4. The van der Waals surface area contributed by atoms with E-state index >= 15 is 0 Å². The number of oxime groups is 1. The van der Waals surface area contributed by atoms with Crippen LogP contribution in [0.1, 0.15) is 59.1 Å². The largest absolute Gasteiger partial charge is 0.480 e. The lowest BCUT2D eigenvalue weighted by molar-refractivity contribution is -0.138. The normalized spacial score (nSPS) is 14.8. The molecule has 1 unspecified atom stereocenters. The standard InChI is InChI=1S/C42H46N6O6S/c1-29-25-30(2)38(31(3)26-29)55(52,53)47-37(40(50)51)28-45-39(49)36-27-35(54-46-36)21-13-14-22-43-41-44-23-24-48(41)42(32-15-7-4-8-16-32,33-17-9-5-10-18-33)34-19-11-6-12-20-34/h4-12,15-20,23-26,35,37,47H,13-14,21-22,27-28H2,1-3H3,(H,43,44)(H,45,49)(H,50,51)/t35?,37-/m0/s1. The Bertz CT molecular complexity index is 2120. The van der Waals surface area contributed by atoms with Gasteiger partial charge in [0.2, 0.25) is 16.0 Å². The summed E-state index contributed by atoms with van der Waals surface area (Å²) >= 11 is 0. The number of anilines is 1. The van der Waals surface area contributed by atoms with Crippen LogP contribution in [-0.2, 0) is 30.0 Å². The number of aliphatic carboxylic acids is 1. The maximum absolute atomic E-state index is 13.2. The number of unbranched alkanes of at least 4 members (excludes halogenated alkanes) is 1. The number of amides is 1. The van der Waals surface area contributed by atoms with Gasteiger partial charge in [-0.2, -0.15) is 4.72 Å². The van der Waals surface area contributed by atoms with E-state index in [1.54, 1.807) is 26.0 Å². The minimum Gasteiger partial charge on any atom is -0.480 e. The first-order valence-corrected chi connectivity index (χ1v) is 19.8. The number of benzene rings is 4. The average Bonchev–Trinajstić information content (AvgIpc) is 3.85. The van der Waals surface area contributed by atoms with Gasteiger partial charge < -0.3 is 20.6 Å². The maximum atomic E-state index is 13.2. The van der Waals surface area contributed by atoms with Crippen molar-refractivity contribution in [3.63, 3.8) is 0 Å². The Balaban J connectivity index is 1.03. The lowest BCUT2D eigenvalue weighted by Crippen LogP contribution is -2.49. The van der Waals surface area contributed by atoms with Crippen LogP contribution < -0.4 is 15.4 Å². The van der Waals surface area contributed by atoms with Crippen molar-refractivity contribution in [3.05, 3.63) is 149 Å². The van der Waals surface area contributed by atoms with E-state index in [0.29, 0.717) is 24.1 Å². The second-order valence-corrected chi connectivity index (χ2v) is 15.4. The van der Waals surface area contributed by atoms with Gasteiger partial charge in [0.05, 0.1) is 4.90 Å². The van der Waals surface area contributed by atoms with Gasteiger partial charge in [-0.15, -0.1) is 0 Å². The van der Waals surface area contributed by atoms with Crippen LogP contribution in [0.25, 0.3) is 0 Å². The zero-order valence-corrected chi connectivity index (χ0v) is 31.9. The number of nitrogens with zero attached hydrogens (tertiary/aromatic N) is 3. The molecule has 1 aromatic heterocycles. The molecule has 0 saturated heterocycles. The molecule has 12 nitrogen and oxygen atoms in total. The molecule has 0 radical (unpaired) electrons. The lowest BCUT2D eigenvalue weighted by atomic mass is 9.76. The van der Waals surface area contributed by atoms with E-state index in [1.165, 1.54) is 0 Å². The number of carbonyl (C=O) groups is 2. The Hall–Kier alpha value is -5.79. The Labute approximate surface area is 321 Å². The number of aryl methyl sites for hydroxylation is 3. The predicted molar refractivity (Wildman–Crippen MR) is 212 cm³/mol. The minimum atomic E-state index is -4.18. The van der Waals surface area contributed by atoms with Crippen LogP contribution in [0.15, 0.2) is 126 Å². The maximum Gasteiger partial charge on any atom is 0.323 e. The minimum absolute atomic E-state index is 0.0205. The molecule has 2 heterocycles. The van der Waals surface area contributed by atoms with Crippen LogP contribution in [0, 0.1) is 20.8 Å². The summed E-state index contributed by atoms with van der Waals surface area (Å²) in [6, 6.07) is 33.0. The number of aromatic nitrogens is 2. The van der Waals surface area contributed by atoms with Gasteiger partial charge in [-0.3, -0.25) is 14.2 Å². The number of hydrogen-bond acceptors (Lipinski definition) is 8. The van der Waals surface area contributed by atoms with Crippen molar-refractivity contribution in [2.24, 2.45) is 5.16 Å². The molecule has 1 amide bonds. The van der Waals surface area contributed by atoms with Crippen molar-refractivity contribution in [2.75, 3.05) is 18.4 Å². The number of carbonyl (C=O) groups excluding carboxylic acids is 1. The summed E-state index contributed by atoms with van der Waals surface area (Å²) in [6.07, 6.45) is 5.97. The third kappa shape index (κ3) is 8.63. The van der Waals surface area contributed by atoms with Crippen molar-refractivity contribution in [1.82, 2.24) is 19.6 Å². The summed E-state index contributed by atoms with van der Waals surface area (Å²) in [6.45, 7) is 5.33. The molecule has 1 aliphatic heterocycles. The molecule has 0 spiro atoms. The second kappa shape index (κ2) is 17.1. The van der Waals surface area contributed by atoms with E-state index in [1.807, 2.05) is 37.5 Å². The Kier molecular flexibility index (Phi) is 12.1. The molecule has 0 fully saturated rings. The molecular formula is C42H46N6O6S. The van der Waals surface area contributed by atoms with E-state index in [9.17, 15) is 23.1 Å². The van der Waals surface area contributed by atoms with Crippen LogP contribution in [0.4, 0.5) is 5.95 Å². The number of sulfonamides is 1. The summed E-state index contributed by atoms with van der Waals surface area (Å²) in [5.74, 6) is -1.30. The van der Waals surface area contributed by atoms with Gasteiger partial charge in [-0.25, -0.2) is 13.4 Å². The Morgan fingerprint density at radius 3 is 2.00 bits per heavy atom. The van der Waals surface area contributed by atoms with Gasteiger partial charge in [0.25, 0.3) is 5.91 Å². The fraction of sp³-hybridized carbons (Fsp3) is 0.286. The zero-order valence-electron chi connectivity index (χ0n) is 31.1.